The smallest absolute Gasteiger partial charge is 0.338 e. The van der Waals surface area contributed by atoms with Gasteiger partial charge in [-0.2, -0.15) is 0 Å². The van der Waals surface area contributed by atoms with Crippen LogP contribution in [0.15, 0.2) is 41.2 Å². The van der Waals surface area contributed by atoms with Crippen LogP contribution in [0.3, 0.4) is 0 Å². The van der Waals surface area contributed by atoms with Gasteiger partial charge in [0.05, 0.1) is 21.4 Å². The highest BCUT2D eigenvalue weighted by molar-refractivity contribution is 6.31. The predicted molar refractivity (Wildman–Crippen MR) is 116 cm³/mol. The van der Waals surface area contributed by atoms with Crippen molar-refractivity contribution in [2.45, 2.75) is 25.9 Å². The van der Waals surface area contributed by atoms with Crippen LogP contribution in [0.4, 0.5) is 11.4 Å². The number of halogens is 1. The molecule has 31 heavy (non-hydrogen) atoms. The van der Waals surface area contributed by atoms with Crippen LogP contribution < -0.4 is 10.5 Å². The summed E-state index contributed by atoms with van der Waals surface area (Å²) in [7, 11) is 0. The molecule has 1 aliphatic heterocycles. The van der Waals surface area contributed by atoms with Crippen LogP contribution in [0.25, 0.3) is 10.9 Å². The number of nitrogens with one attached hydrogen (secondary N) is 1. The molecule has 1 aliphatic rings. The van der Waals surface area contributed by atoms with Gasteiger partial charge in [-0.25, -0.2) is 9.78 Å². The predicted octanol–water partition coefficient (Wildman–Crippen LogP) is 3.83. The van der Waals surface area contributed by atoms with Gasteiger partial charge in [0.1, 0.15) is 18.1 Å². The van der Waals surface area contributed by atoms with Crippen molar-refractivity contribution >= 4 is 39.8 Å². The molecule has 0 amide bonds. The number of hydrogen-bond acceptors (Lipinski definition) is 7. The summed E-state index contributed by atoms with van der Waals surface area (Å²) in [6.07, 6.45) is 3.05. The molecular formula is C21H19ClN4O5. The Bertz CT molecular complexity index is 1220. The number of ether oxygens (including phenoxy) is 1. The molecule has 0 radical (unpaired) electrons. The molecule has 1 aromatic heterocycles. The van der Waals surface area contributed by atoms with Gasteiger partial charge in [-0.15, -0.1) is 0 Å². The van der Waals surface area contributed by atoms with Crippen LogP contribution in [0.2, 0.25) is 5.02 Å². The molecule has 1 saturated heterocycles. The molecule has 0 unspecified atom stereocenters. The number of anilines is 1. The second-order valence-corrected chi connectivity index (χ2v) is 7.69. The number of aromatic amines is 1. The molecule has 160 valence electrons. The number of rotatable bonds is 5. The number of nitro benzene ring substituents is 1. The number of H-pyrrole nitrogens is 1. The van der Waals surface area contributed by atoms with Crippen molar-refractivity contribution in [2.75, 3.05) is 18.0 Å². The van der Waals surface area contributed by atoms with E-state index >= 15 is 0 Å². The minimum absolute atomic E-state index is 0.0543. The SMILES string of the molecule is O=C(OCc1nc2cc(Cl)ccc2c(=O)[nH]1)c1ccc(N2CCCCC2)c([N+](=O)[O-])c1. The Labute approximate surface area is 181 Å². The lowest BCUT2D eigenvalue weighted by Gasteiger charge is -2.28. The van der Waals surface area contributed by atoms with Crippen molar-refractivity contribution in [3.63, 3.8) is 0 Å². The van der Waals surface area contributed by atoms with Gasteiger partial charge in [-0.1, -0.05) is 11.6 Å². The molecule has 0 aliphatic carbocycles. The summed E-state index contributed by atoms with van der Waals surface area (Å²) in [4.78, 5) is 44.5. The Morgan fingerprint density at radius 1 is 1.19 bits per heavy atom. The number of aromatic nitrogens is 2. The fourth-order valence-corrected chi connectivity index (χ4v) is 3.81. The summed E-state index contributed by atoms with van der Waals surface area (Å²) in [5, 5.41) is 12.4. The monoisotopic (exact) mass is 442 g/mol. The van der Waals surface area contributed by atoms with Crippen LogP contribution in [0.1, 0.15) is 35.4 Å². The normalized spacial score (nSPS) is 13.9. The van der Waals surface area contributed by atoms with Crippen LogP contribution >= 0.6 is 11.6 Å². The van der Waals surface area contributed by atoms with Gasteiger partial charge < -0.3 is 14.6 Å². The lowest BCUT2D eigenvalue weighted by Crippen LogP contribution is -2.30. The van der Waals surface area contributed by atoms with Crippen LogP contribution in [0, 0.1) is 10.1 Å². The lowest BCUT2D eigenvalue weighted by molar-refractivity contribution is -0.384. The van der Waals surface area contributed by atoms with Gasteiger partial charge >= 0.3 is 5.97 Å². The maximum atomic E-state index is 12.5. The fraction of sp³-hybridized carbons (Fsp3) is 0.286. The first-order chi connectivity index (χ1) is 14.9. The number of fused-ring (bicyclic) bond motifs is 1. The van der Waals surface area contributed by atoms with Gasteiger partial charge in [0.2, 0.25) is 0 Å². The highest BCUT2D eigenvalue weighted by atomic mass is 35.5. The highest BCUT2D eigenvalue weighted by Gasteiger charge is 2.23. The Morgan fingerprint density at radius 3 is 2.71 bits per heavy atom. The van der Waals surface area contributed by atoms with Gasteiger partial charge in [0, 0.05) is 24.2 Å². The topological polar surface area (TPSA) is 118 Å². The van der Waals surface area contributed by atoms with E-state index in [1.807, 2.05) is 4.90 Å². The Balaban J connectivity index is 1.53. The van der Waals surface area contributed by atoms with Crippen molar-refractivity contribution in [1.29, 1.82) is 0 Å². The van der Waals surface area contributed by atoms with Crippen molar-refractivity contribution in [3.05, 3.63) is 73.3 Å². The number of piperidine rings is 1. The molecular weight excluding hydrogens is 424 g/mol. The molecule has 2 heterocycles. The molecule has 3 aromatic rings. The first kappa shape index (κ1) is 20.8. The number of carbonyl (C=O) groups is 1. The Morgan fingerprint density at radius 2 is 1.97 bits per heavy atom. The van der Waals surface area contributed by atoms with E-state index in [0.29, 0.717) is 21.6 Å². The summed E-state index contributed by atoms with van der Waals surface area (Å²) in [5.74, 6) is -0.602. The maximum Gasteiger partial charge on any atom is 0.338 e. The van der Waals surface area contributed by atoms with E-state index in [2.05, 4.69) is 9.97 Å². The first-order valence-corrected chi connectivity index (χ1v) is 10.2. The van der Waals surface area contributed by atoms with Gasteiger partial charge in [0.15, 0.2) is 0 Å². The van der Waals surface area contributed by atoms with Crippen molar-refractivity contribution in [3.8, 4) is 0 Å². The minimum Gasteiger partial charge on any atom is -0.454 e. The number of nitro groups is 1. The molecule has 10 heteroatoms. The van der Waals surface area contributed by atoms with E-state index in [-0.39, 0.29) is 29.2 Å². The second kappa shape index (κ2) is 8.73. The Hall–Kier alpha value is -3.46. The molecule has 0 bridgehead atoms. The average Bonchev–Trinajstić information content (AvgIpc) is 2.77. The average molecular weight is 443 g/mol. The largest absolute Gasteiger partial charge is 0.454 e. The summed E-state index contributed by atoms with van der Waals surface area (Å²) in [6.45, 7) is 1.20. The van der Waals surface area contributed by atoms with Crippen LogP contribution in [-0.2, 0) is 11.3 Å². The number of nitrogens with zero attached hydrogens (tertiary/aromatic N) is 3. The molecule has 1 N–H and O–H groups in total. The second-order valence-electron chi connectivity index (χ2n) is 7.26. The van der Waals surface area contributed by atoms with E-state index in [9.17, 15) is 19.7 Å². The van der Waals surface area contributed by atoms with E-state index in [1.165, 1.54) is 12.1 Å². The third kappa shape index (κ3) is 4.51. The minimum atomic E-state index is -0.748. The summed E-state index contributed by atoms with van der Waals surface area (Å²) in [6, 6.07) is 9.00. The van der Waals surface area contributed by atoms with Gasteiger partial charge in [-0.05, 0) is 49.6 Å². The summed E-state index contributed by atoms with van der Waals surface area (Å²) >= 11 is 5.94. The standard InChI is InChI=1S/C21H19ClN4O5/c22-14-5-6-15-16(11-14)23-19(24-20(15)27)12-31-21(28)13-4-7-17(18(10-13)26(29)30)25-8-2-1-3-9-25/h4-7,10-11H,1-3,8-9,12H2,(H,23,24,27). The van der Waals surface area contributed by atoms with Crippen molar-refractivity contribution in [2.24, 2.45) is 0 Å². The van der Waals surface area contributed by atoms with Crippen LogP contribution in [-0.4, -0.2) is 34.0 Å². The Kier molecular flexibility index (Phi) is 5.85. The quantitative estimate of drug-likeness (QED) is 0.362. The third-order valence-electron chi connectivity index (χ3n) is 5.16. The van der Waals surface area contributed by atoms with E-state index in [1.54, 1.807) is 24.3 Å². The number of hydrogen-bond donors (Lipinski definition) is 1. The zero-order chi connectivity index (χ0) is 22.0. The third-order valence-corrected chi connectivity index (χ3v) is 5.40. The van der Waals surface area contributed by atoms with E-state index in [0.717, 1.165) is 32.4 Å². The zero-order valence-corrected chi connectivity index (χ0v) is 17.2. The van der Waals surface area contributed by atoms with E-state index < -0.39 is 10.9 Å². The van der Waals surface area contributed by atoms with Crippen molar-refractivity contribution in [1.82, 2.24) is 9.97 Å². The molecule has 0 saturated carbocycles. The summed E-state index contributed by atoms with van der Waals surface area (Å²) < 4.78 is 5.23. The number of carbonyl (C=O) groups excluding carboxylic acids is 1. The van der Waals surface area contributed by atoms with Gasteiger partial charge in [0.25, 0.3) is 11.2 Å². The molecule has 4 rings (SSSR count). The van der Waals surface area contributed by atoms with Crippen LogP contribution in [0.5, 0.6) is 0 Å². The maximum absolute atomic E-state index is 12.5. The molecule has 0 atom stereocenters. The molecule has 1 fully saturated rings. The highest BCUT2D eigenvalue weighted by Crippen LogP contribution is 2.31. The molecule has 2 aromatic carbocycles. The summed E-state index contributed by atoms with van der Waals surface area (Å²) in [5.41, 5.74) is 0.415. The number of benzene rings is 2. The molecule has 9 nitrogen and oxygen atoms in total. The van der Waals surface area contributed by atoms with Gasteiger partial charge in [-0.3, -0.25) is 14.9 Å². The zero-order valence-electron chi connectivity index (χ0n) is 16.5. The van der Waals surface area contributed by atoms with Crippen molar-refractivity contribution < 1.29 is 14.5 Å². The fourth-order valence-electron chi connectivity index (χ4n) is 3.65. The number of esters is 1. The first-order valence-electron chi connectivity index (χ1n) is 9.81. The lowest BCUT2D eigenvalue weighted by atomic mass is 10.1. The molecule has 0 spiro atoms. The van der Waals surface area contributed by atoms with E-state index in [4.69, 9.17) is 16.3 Å².